The minimum Gasteiger partial charge on any atom is -0.370 e. The van der Waals surface area contributed by atoms with E-state index in [0.29, 0.717) is 11.5 Å². The smallest absolute Gasteiger partial charge is 0.146 e. The molecule has 1 heterocycles. The maximum Gasteiger partial charge on any atom is 0.146 e. The Hall–Kier alpha value is -1.62. The summed E-state index contributed by atoms with van der Waals surface area (Å²) >= 11 is 3.31. The van der Waals surface area contributed by atoms with E-state index in [1.165, 1.54) is 6.07 Å². The fourth-order valence-electron chi connectivity index (χ4n) is 1.52. The Kier molecular flexibility index (Phi) is 4.15. The van der Waals surface area contributed by atoms with Gasteiger partial charge in [-0.15, -0.1) is 0 Å². The number of anilines is 3. The van der Waals surface area contributed by atoms with Crippen molar-refractivity contribution in [2.24, 2.45) is 0 Å². The van der Waals surface area contributed by atoms with Crippen LogP contribution in [-0.4, -0.2) is 11.5 Å². The van der Waals surface area contributed by atoms with Crippen LogP contribution in [0.2, 0.25) is 0 Å². The fourth-order valence-corrected chi connectivity index (χ4v) is 1.88. The molecule has 0 aliphatic carbocycles. The first-order valence-electron chi connectivity index (χ1n) is 5.62. The van der Waals surface area contributed by atoms with Gasteiger partial charge >= 0.3 is 0 Å². The molecular weight excluding hydrogens is 297 g/mol. The molecular formula is C13H13BrFN3. The number of halogens is 2. The van der Waals surface area contributed by atoms with Crippen LogP contribution in [0.25, 0.3) is 0 Å². The topological polar surface area (TPSA) is 37.0 Å². The molecule has 1 aromatic heterocycles. The largest absolute Gasteiger partial charge is 0.370 e. The SMILES string of the molecule is CCNc1cccc(Nc2cc(Br)ccc2F)n1. The summed E-state index contributed by atoms with van der Waals surface area (Å²) in [6, 6.07) is 10.3. The second kappa shape index (κ2) is 5.82. The molecule has 0 bridgehead atoms. The first-order valence-corrected chi connectivity index (χ1v) is 6.41. The number of pyridine rings is 1. The molecule has 3 nitrogen and oxygen atoms in total. The van der Waals surface area contributed by atoms with Crippen molar-refractivity contribution in [2.75, 3.05) is 17.2 Å². The van der Waals surface area contributed by atoms with Crippen molar-refractivity contribution in [3.8, 4) is 0 Å². The van der Waals surface area contributed by atoms with Crippen molar-refractivity contribution in [3.63, 3.8) is 0 Å². The monoisotopic (exact) mass is 309 g/mol. The molecule has 0 aliphatic heterocycles. The molecule has 2 aromatic rings. The van der Waals surface area contributed by atoms with E-state index in [0.717, 1.165) is 16.8 Å². The Bertz CT molecular complexity index is 546. The van der Waals surface area contributed by atoms with Crippen molar-refractivity contribution in [1.82, 2.24) is 4.98 Å². The Morgan fingerprint density at radius 2 is 2.00 bits per heavy atom. The fraction of sp³-hybridized carbons (Fsp3) is 0.154. The van der Waals surface area contributed by atoms with E-state index in [9.17, 15) is 4.39 Å². The highest BCUT2D eigenvalue weighted by Gasteiger charge is 2.04. The number of rotatable bonds is 4. The van der Waals surface area contributed by atoms with Gasteiger partial charge in [0.05, 0.1) is 5.69 Å². The van der Waals surface area contributed by atoms with Crippen LogP contribution in [0.1, 0.15) is 6.92 Å². The van der Waals surface area contributed by atoms with Crippen LogP contribution < -0.4 is 10.6 Å². The predicted octanol–water partition coefficient (Wildman–Crippen LogP) is 4.16. The van der Waals surface area contributed by atoms with Crippen LogP contribution >= 0.6 is 15.9 Å². The molecule has 2 rings (SSSR count). The summed E-state index contributed by atoms with van der Waals surface area (Å²) in [6.07, 6.45) is 0. The average molecular weight is 310 g/mol. The van der Waals surface area contributed by atoms with Gasteiger partial charge in [-0.05, 0) is 37.3 Å². The molecule has 94 valence electrons. The summed E-state index contributed by atoms with van der Waals surface area (Å²) in [4.78, 5) is 4.32. The highest BCUT2D eigenvalue weighted by Crippen LogP contribution is 2.23. The molecule has 0 atom stereocenters. The highest BCUT2D eigenvalue weighted by atomic mass is 79.9. The summed E-state index contributed by atoms with van der Waals surface area (Å²) in [5.74, 6) is 1.05. The maximum atomic E-state index is 13.6. The van der Waals surface area contributed by atoms with Gasteiger partial charge in [0.1, 0.15) is 17.5 Å². The molecule has 0 saturated heterocycles. The van der Waals surface area contributed by atoms with Crippen LogP contribution in [0.3, 0.4) is 0 Å². The summed E-state index contributed by atoms with van der Waals surface area (Å²) in [5, 5.41) is 6.06. The van der Waals surface area contributed by atoms with Gasteiger partial charge in [0.2, 0.25) is 0 Å². The van der Waals surface area contributed by atoms with E-state index >= 15 is 0 Å². The number of nitrogens with zero attached hydrogens (tertiary/aromatic N) is 1. The summed E-state index contributed by atoms with van der Waals surface area (Å²) in [7, 11) is 0. The Labute approximate surface area is 114 Å². The third kappa shape index (κ3) is 3.20. The molecule has 0 aliphatic rings. The van der Waals surface area contributed by atoms with Gasteiger partial charge in [0, 0.05) is 11.0 Å². The molecule has 5 heteroatoms. The molecule has 0 fully saturated rings. The zero-order valence-electron chi connectivity index (χ0n) is 9.87. The minimum atomic E-state index is -0.311. The van der Waals surface area contributed by atoms with Gasteiger partial charge in [-0.1, -0.05) is 22.0 Å². The predicted molar refractivity (Wildman–Crippen MR) is 75.8 cm³/mol. The van der Waals surface area contributed by atoms with E-state index in [1.54, 1.807) is 18.2 Å². The van der Waals surface area contributed by atoms with E-state index in [1.807, 2.05) is 19.1 Å². The molecule has 1 aromatic carbocycles. The first-order chi connectivity index (χ1) is 8.69. The van der Waals surface area contributed by atoms with Gasteiger partial charge in [-0.3, -0.25) is 0 Å². The lowest BCUT2D eigenvalue weighted by Crippen LogP contribution is -2.02. The van der Waals surface area contributed by atoms with E-state index in [-0.39, 0.29) is 5.82 Å². The van der Waals surface area contributed by atoms with Crippen LogP contribution in [0, 0.1) is 5.82 Å². The van der Waals surface area contributed by atoms with Crippen LogP contribution in [0.5, 0.6) is 0 Å². The van der Waals surface area contributed by atoms with E-state index < -0.39 is 0 Å². The lowest BCUT2D eigenvalue weighted by atomic mass is 10.3. The number of hydrogen-bond donors (Lipinski definition) is 2. The number of benzene rings is 1. The van der Waals surface area contributed by atoms with Crippen molar-refractivity contribution in [1.29, 1.82) is 0 Å². The second-order valence-corrected chi connectivity index (χ2v) is 4.60. The molecule has 0 unspecified atom stereocenters. The minimum absolute atomic E-state index is 0.311. The van der Waals surface area contributed by atoms with Gasteiger partial charge in [-0.2, -0.15) is 0 Å². The molecule has 2 N–H and O–H groups in total. The maximum absolute atomic E-state index is 13.6. The van der Waals surface area contributed by atoms with E-state index in [2.05, 4.69) is 31.5 Å². The molecule has 18 heavy (non-hydrogen) atoms. The summed E-state index contributed by atoms with van der Waals surface area (Å²) in [5.41, 5.74) is 0.394. The van der Waals surface area contributed by atoms with Gasteiger partial charge in [-0.25, -0.2) is 9.37 Å². The quantitative estimate of drug-likeness (QED) is 0.890. The zero-order valence-corrected chi connectivity index (χ0v) is 11.5. The third-order valence-electron chi connectivity index (χ3n) is 2.30. The molecule has 0 radical (unpaired) electrons. The molecule has 0 amide bonds. The highest BCUT2D eigenvalue weighted by molar-refractivity contribution is 9.10. The van der Waals surface area contributed by atoms with Crippen molar-refractivity contribution >= 4 is 33.3 Å². The lowest BCUT2D eigenvalue weighted by molar-refractivity contribution is 0.631. The number of aromatic nitrogens is 1. The van der Waals surface area contributed by atoms with E-state index in [4.69, 9.17) is 0 Å². The van der Waals surface area contributed by atoms with Gasteiger partial charge < -0.3 is 10.6 Å². The van der Waals surface area contributed by atoms with Crippen molar-refractivity contribution < 1.29 is 4.39 Å². The zero-order chi connectivity index (χ0) is 13.0. The Balaban J connectivity index is 2.22. The molecule has 0 spiro atoms. The number of hydrogen-bond acceptors (Lipinski definition) is 3. The summed E-state index contributed by atoms with van der Waals surface area (Å²) < 4.78 is 14.4. The van der Waals surface area contributed by atoms with Crippen molar-refractivity contribution in [3.05, 3.63) is 46.7 Å². The third-order valence-corrected chi connectivity index (χ3v) is 2.79. The number of nitrogens with one attached hydrogen (secondary N) is 2. The summed E-state index contributed by atoms with van der Waals surface area (Å²) in [6.45, 7) is 2.79. The second-order valence-electron chi connectivity index (χ2n) is 3.69. The Morgan fingerprint density at radius 1 is 1.22 bits per heavy atom. The average Bonchev–Trinajstić information content (AvgIpc) is 2.35. The van der Waals surface area contributed by atoms with Gasteiger partial charge in [0.25, 0.3) is 0 Å². The Morgan fingerprint density at radius 3 is 2.78 bits per heavy atom. The molecule has 0 saturated carbocycles. The lowest BCUT2D eigenvalue weighted by Gasteiger charge is -2.09. The van der Waals surface area contributed by atoms with Gasteiger partial charge in [0.15, 0.2) is 0 Å². The van der Waals surface area contributed by atoms with Crippen LogP contribution in [-0.2, 0) is 0 Å². The van der Waals surface area contributed by atoms with Crippen LogP contribution in [0.15, 0.2) is 40.9 Å². The van der Waals surface area contributed by atoms with Crippen molar-refractivity contribution in [2.45, 2.75) is 6.92 Å². The normalized spacial score (nSPS) is 10.2. The first kappa shape index (κ1) is 12.8. The van der Waals surface area contributed by atoms with Crippen LogP contribution in [0.4, 0.5) is 21.7 Å². The standard InChI is InChI=1S/C13H13BrFN3/c1-2-16-12-4-3-5-13(18-12)17-11-8-9(14)6-7-10(11)15/h3-8H,2H2,1H3,(H2,16,17,18).